The summed E-state index contributed by atoms with van der Waals surface area (Å²) in [6, 6.07) is 8.16. The summed E-state index contributed by atoms with van der Waals surface area (Å²) in [5.74, 6) is 1.94. The van der Waals surface area contributed by atoms with Crippen LogP contribution in [-0.2, 0) is 13.1 Å². The van der Waals surface area contributed by atoms with Gasteiger partial charge in [-0.25, -0.2) is 4.99 Å². The maximum Gasteiger partial charge on any atom is 0.248 e. The zero-order chi connectivity index (χ0) is 15.9. The number of halogens is 1. The summed E-state index contributed by atoms with van der Waals surface area (Å²) in [6.45, 7) is 5.74. The topological polar surface area (TPSA) is 66.5 Å². The Kier molecular flexibility index (Phi) is 5.94. The highest BCUT2D eigenvalue weighted by Gasteiger charge is 2.09. The maximum atomic E-state index is 5.09. The lowest BCUT2D eigenvalue weighted by molar-refractivity contribution is 0.375. The lowest BCUT2D eigenvalue weighted by Crippen LogP contribution is -2.38. The van der Waals surface area contributed by atoms with Gasteiger partial charge in [0.05, 0.1) is 0 Å². The molecular weight excluding hydrogens is 346 g/mol. The number of rotatable bonds is 5. The summed E-state index contributed by atoms with van der Waals surface area (Å²) in [4.78, 5) is 10.8. The third-order valence-corrected chi connectivity index (χ3v) is 3.77. The third-order valence-electron chi connectivity index (χ3n) is 3.00. The summed E-state index contributed by atoms with van der Waals surface area (Å²) in [7, 11) is 2.00. The van der Waals surface area contributed by atoms with Crippen LogP contribution in [0.15, 0.2) is 38.3 Å². The SMILES string of the molecule is CCNC(=NCc1nc(C)no1)N(C)Cc1ccccc1Br. The van der Waals surface area contributed by atoms with Crippen molar-refractivity contribution < 1.29 is 4.52 Å². The number of guanidine groups is 1. The van der Waals surface area contributed by atoms with E-state index in [0.717, 1.165) is 23.5 Å². The van der Waals surface area contributed by atoms with E-state index < -0.39 is 0 Å². The van der Waals surface area contributed by atoms with Gasteiger partial charge < -0.3 is 14.7 Å². The number of nitrogens with zero attached hydrogens (tertiary/aromatic N) is 4. The van der Waals surface area contributed by atoms with Gasteiger partial charge in [-0.15, -0.1) is 0 Å². The van der Waals surface area contributed by atoms with Gasteiger partial charge in [0.1, 0.15) is 6.54 Å². The number of nitrogens with one attached hydrogen (secondary N) is 1. The fraction of sp³-hybridized carbons (Fsp3) is 0.400. The molecule has 7 heteroatoms. The first-order valence-electron chi connectivity index (χ1n) is 7.12. The largest absolute Gasteiger partial charge is 0.357 e. The molecular formula is C15H20BrN5O. The second kappa shape index (κ2) is 7.93. The van der Waals surface area contributed by atoms with Crippen LogP contribution in [0.3, 0.4) is 0 Å². The van der Waals surface area contributed by atoms with E-state index in [1.54, 1.807) is 6.92 Å². The molecule has 0 aliphatic carbocycles. The zero-order valence-electron chi connectivity index (χ0n) is 13.0. The van der Waals surface area contributed by atoms with E-state index in [2.05, 4.69) is 47.3 Å². The van der Waals surface area contributed by atoms with E-state index in [-0.39, 0.29) is 0 Å². The highest BCUT2D eigenvalue weighted by Crippen LogP contribution is 2.17. The minimum atomic E-state index is 0.365. The lowest BCUT2D eigenvalue weighted by Gasteiger charge is -2.22. The molecule has 118 valence electrons. The molecule has 0 unspecified atom stereocenters. The molecule has 22 heavy (non-hydrogen) atoms. The Bertz CT molecular complexity index is 640. The number of hydrogen-bond donors (Lipinski definition) is 1. The Labute approximate surface area is 138 Å². The highest BCUT2D eigenvalue weighted by atomic mass is 79.9. The molecule has 6 nitrogen and oxygen atoms in total. The van der Waals surface area contributed by atoms with Gasteiger partial charge in [0.2, 0.25) is 5.89 Å². The van der Waals surface area contributed by atoms with Gasteiger partial charge in [-0.05, 0) is 25.5 Å². The van der Waals surface area contributed by atoms with Crippen LogP contribution in [0.25, 0.3) is 0 Å². The fourth-order valence-electron chi connectivity index (χ4n) is 1.97. The molecule has 0 aliphatic rings. The number of hydrogen-bond acceptors (Lipinski definition) is 4. The van der Waals surface area contributed by atoms with Crippen molar-refractivity contribution in [2.24, 2.45) is 4.99 Å². The molecule has 1 heterocycles. The second-order valence-corrected chi connectivity index (χ2v) is 5.71. The summed E-state index contributed by atoms with van der Waals surface area (Å²) in [5.41, 5.74) is 1.20. The molecule has 1 aromatic carbocycles. The molecule has 0 spiro atoms. The van der Waals surface area contributed by atoms with Gasteiger partial charge in [-0.3, -0.25) is 0 Å². The van der Waals surface area contributed by atoms with Crippen molar-refractivity contribution in [1.29, 1.82) is 0 Å². The Morgan fingerprint density at radius 2 is 2.18 bits per heavy atom. The second-order valence-electron chi connectivity index (χ2n) is 4.85. The number of aryl methyl sites for hydroxylation is 1. The van der Waals surface area contributed by atoms with Gasteiger partial charge in [0.15, 0.2) is 11.8 Å². The van der Waals surface area contributed by atoms with Gasteiger partial charge in [-0.1, -0.05) is 39.3 Å². The van der Waals surface area contributed by atoms with Crippen molar-refractivity contribution in [1.82, 2.24) is 20.4 Å². The molecule has 2 rings (SSSR count). The van der Waals surface area contributed by atoms with Crippen LogP contribution in [0.4, 0.5) is 0 Å². The van der Waals surface area contributed by atoms with Gasteiger partial charge >= 0.3 is 0 Å². The zero-order valence-corrected chi connectivity index (χ0v) is 14.6. The van der Waals surface area contributed by atoms with Crippen molar-refractivity contribution in [3.63, 3.8) is 0 Å². The fourth-order valence-corrected chi connectivity index (χ4v) is 2.38. The maximum absolute atomic E-state index is 5.09. The van der Waals surface area contributed by atoms with E-state index in [0.29, 0.717) is 18.3 Å². The van der Waals surface area contributed by atoms with E-state index in [1.165, 1.54) is 5.56 Å². The molecule has 0 aliphatic heterocycles. The molecule has 0 amide bonds. The van der Waals surface area contributed by atoms with Crippen LogP contribution < -0.4 is 5.32 Å². The first-order chi connectivity index (χ1) is 10.6. The minimum Gasteiger partial charge on any atom is -0.357 e. The molecule has 0 radical (unpaired) electrons. The predicted molar refractivity (Wildman–Crippen MR) is 89.5 cm³/mol. The minimum absolute atomic E-state index is 0.365. The molecule has 1 aromatic heterocycles. The number of benzene rings is 1. The predicted octanol–water partition coefficient (Wildman–Crippen LogP) is 2.74. The average molecular weight is 366 g/mol. The van der Waals surface area contributed by atoms with Gasteiger partial charge in [-0.2, -0.15) is 4.98 Å². The number of aliphatic imine (C=N–C) groups is 1. The number of aromatic nitrogens is 2. The Hall–Kier alpha value is -1.89. The van der Waals surface area contributed by atoms with E-state index in [9.17, 15) is 0 Å². The first-order valence-corrected chi connectivity index (χ1v) is 7.91. The lowest BCUT2D eigenvalue weighted by atomic mass is 10.2. The van der Waals surface area contributed by atoms with Crippen LogP contribution in [-0.4, -0.2) is 34.6 Å². The molecule has 0 saturated carbocycles. The molecule has 0 bridgehead atoms. The van der Waals surface area contributed by atoms with Crippen molar-refractivity contribution in [2.75, 3.05) is 13.6 Å². The van der Waals surface area contributed by atoms with E-state index >= 15 is 0 Å². The van der Waals surface area contributed by atoms with Crippen molar-refractivity contribution >= 4 is 21.9 Å². The van der Waals surface area contributed by atoms with Gasteiger partial charge in [0.25, 0.3) is 0 Å². The van der Waals surface area contributed by atoms with Gasteiger partial charge in [0, 0.05) is 24.6 Å². The molecule has 0 saturated heterocycles. The quantitative estimate of drug-likeness (QED) is 0.651. The van der Waals surface area contributed by atoms with Crippen molar-refractivity contribution in [3.8, 4) is 0 Å². The van der Waals surface area contributed by atoms with E-state index in [1.807, 2.05) is 32.2 Å². The van der Waals surface area contributed by atoms with Crippen molar-refractivity contribution in [3.05, 3.63) is 46.0 Å². The third kappa shape index (κ3) is 4.56. The standard InChI is InChI=1S/C15H20BrN5O/c1-4-17-15(18-9-14-19-11(2)20-22-14)21(3)10-12-7-5-6-8-13(12)16/h5-8H,4,9-10H2,1-3H3,(H,17,18). The smallest absolute Gasteiger partial charge is 0.248 e. The highest BCUT2D eigenvalue weighted by molar-refractivity contribution is 9.10. The summed E-state index contributed by atoms with van der Waals surface area (Å²) >= 11 is 3.57. The van der Waals surface area contributed by atoms with Crippen LogP contribution in [0.1, 0.15) is 24.2 Å². The molecule has 0 fully saturated rings. The summed E-state index contributed by atoms with van der Waals surface area (Å²) in [5, 5.41) is 7.04. The van der Waals surface area contributed by atoms with Crippen LogP contribution in [0, 0.1) is 6.92 Å². The normalized spacial score (nSPS) is 11.5. The molecule has 2 aromatic rings. The van der Waals surface area contributed by atoms with Crippen LogP contribution >= 0.6 is 15.9 Å². The molecule has 0 atom stereocenters. The Morgan fingerprint density at radius 3 is 2.82 bits per heavy atom. The molecule has 1 N–H and O–H groups in total. The Balaban J connectivity index is 2.07. The van der Waals surface area contributed by atoms with E-state index in [4.69, 9.17) is 4.52 Å². The van der Waals surface area contributed by atoms with Crippen LogP contribution in [0.2, 0.25) is 0 Å². The average Bonchev–Trinajstić information content (AvgIpc) is 2.91. The summed E-state index contributed by atoms with van der Waals surface area (Å²) < 4.78 is 6.18. The van der Waals surface area contributed by atoms with Crippen LogP contribution in [0.5, 0.6) is 0 Å². The summed E-state index contributed by atoms with van der Waals surface area (Å²) in [6.07, 6.45) is 0. The first kappa shape index (κ1) is 16.5. The Morgan fingerprint density at radius 1 is 1.41 bits per heavy atom. The monoisotopic (exact) mass is 365 g/mol. The van der Waals surface area contributed by atoms with Crippen molar-refractivity contribution in [2.45, 2.75) is 26.9 Å².